The van der Waals surface area contributed by atoms with Gasteiger partial charge in [0.1, 0.15) is 18.5 Å². The summed E-state index contributed by atoms with van der Waals surface area (Å²) < 4.78 is 5.70. The van der Waals surface area contributed by atoms with Crippen molar-refractivity contribution in [2.24, 2.45) is 0 Å². The van der Waals surface area contributed by atoms with Crippen LogP contribution in [0.4, 0.5) is 0 Å². The highest BCUT2D eigenvalue weighted by atomic mass is 35.5. The van der Waals surface area contributed by atoms with Crippen LogP contribution in [0.1, 0.15) is 31.9 Å². The van der Waals surface area contributed by atoms with Crippen LogP contribution >= 0.6 is 11.6 Å². The molecule has 0 spiro atoms. The lowest BCUT2D eigenvalue weighted by atomic mass is 10.1. The molecule has 0 saturated heterocycles. The van der Waals surface area contributed by atoms with Crippen molar-refractivity contribution in [3.63, 3.8) is 0 Å². The molecular formula is C15H24ClNO2. The summed E-state index contributed by atoms with van der Waals surface area (Å²) >= 11 is 5.97. The van der Waals surface area contributed by atoms with Crippen molar-refractivity contribution < 1.29 is 9.84 Å². The van der Waals surface area contributed by atoms with Gasteiger partial charge in [0.2, 0.25) is 0 Å². The van der Waals surface area contributed by atoms with Crippen molar-refractivity contribution in [1.29, 1.82) is 0 Å². The molecule has 2 N–H and O–H groups in total. The number of aliphatic hydroxyl groups excluding tert-OH is 1. The first-order chi connectivity index (χ1) is 8.69. The van der Waals surface area contributed by atoms with Gasteiger partial charge in [-0.15, -0.1) is 0 Å². The second-order valence-corrected chi connectivity index (χ2v) is 6.40. The summed E-state index contributed by atoms with van der Waals surface area (Å²) in [7, 11) is 0. The quantitative estimate of drug-likeness (QED) is 0.873. The number of nitrogens with one attached hydrogen (secondary N) is 1. The first-order valence-electron chi connectivity index (χ1n) is 6.51. The summed E-state index contributed by atoms with van der Waals surface area (Å²) in [6.45, 7) is 10.9. The Kier molecular flexibility index (Phi) is 5.65. The molecule has 3 nitrogen and oxygen atoms in total. The van der Waals surface area contributed by atoms with Gasteiger partial charge in [-0.1, -0.05) is 11.6 Å². The lowest BCUT2D eigenvalue weighted by molar-refractivity contribution is 0.0994. The van der Waals surface area contributed by atoms with Crippen LogP contribution in [-0.4, -0.2) is 29.9 Å². The summed E-state index contributed by atoms with van der Waals surface area (Å²) in [5, 5.41) is 13.8. The SMILES string of the molecule is Cc1cc(Cl)cc(C)c1OC[C@@H](O)CNC(C)(C)C. The fraction of sp³-hybridized carbons (Fsp3) is 0.600. The molecule has 0 amide bonds. The molecule has 0 unspecified atom stereocenters. The van der Waals surface area contributed by atoms with Gasteiger partial charge in [-0.2, -0.15) is 0 Å². The minimum Gasteiger partial charge on any atom is -0.490 e. The summed E-state index contributed by atoms with van der Waals surface area (Å²) in [5.41, 5.74) is 1.97. The Labute approximate surface area is 120 Å². The van der Waals surface area contributed by atoms with Crippen LogP contribution < -0.4 is 10.1 Å². The molecule has 0 fully saturated rings. The van der Waals surface area contributed by atoms with E-state index in [4.69, 9.17) is 16.3 Å². The van der Waals surface area contributed by atoms with E-state index in [1.165, 1.54) is 0 Å². The fourth-order valence-corrected chi connectivity index (χ4v) is 2.11. The first-order valence-corrected chi connectivity index (χ1v) is 6.89. The van der Waals surface area contributed by atoms with Crippen LogP contribution in [0.15, 0.2) is 12.1 Å². The van der Waals surface area contributed by atoms with Gasteiger partial charge < -0.3 is 15.2 Å². The number of ether oxygens (including phenoxy) is 1. The fourth-order valence-electron chi connectivity index (χ4n) is 1.79. The van der Waals surface area contributed by atoms with Crippen LogP contribution in [0.3, 0.4) is 0 Å². The van der Waals surface area contributed by atoms with Crippen molar-refractivity contribution in [2.45, 2.75) is 46.3 Å². The maximum atomic E-state index is 9.90. The highest BCUT2D eigenvalue weighted by Crippen LogP contribution is 2.27. The van der Waals surface area contributed by atoms with E-state index in [1.54, 1.807) is 0 Å². The van der Waals surface area contributed by atoms with Gasteiger partial charge in [-0.3, -0.25) is 0 Å². The summed E-state index contributed by atoms with van der Waals surface area (Å²) in [4.78, 5) is 0. The zero-order chi connectivity index (χ0) is 14.6. The Bertz CT molecular complexity index is 404. The van der Waals surface area contributed by atoms with Gasteiger partial charge in [-0.05, 0) is 57.9 Å². The van der Waals surface area contributed by atoms with Gasteiger partial charge in [-0.25, -0.2) is 0 Å². The first kappa shape index (κ1) is 16.3. The molecule has 19 heavy (non-hydrogen) atoms. The lowest BCUT2D eigenvalue weighted by Crippen LogP contribution is -2.42. The molecule has 0 heterocycles. The van der Waals surface area contributed by atoms with E-state index in [9.17, 15) is 5.11 Å². The number of halogens is 1. The Morgan fingerprint density at radius 2 is 1.79 bits per heavy atom. The van der Waals surface area contributed by atoms with E-state index in [0.29, 0.717) is 11.6 Å². The minimum absolute atomic E-state index is 0.00686. The topological polar surface area (TPSA) is 41.5 Å². The van der Waals surface area contributed by atoms with Crippen molar-refractivity contribution in [3.8, 4) is 5.75 Å². The number of β-amino-alcohol motifs (C(OH)–C–C–N with tert-alkyl or cyclic N) is 1. The number of hydrogen-bond acceptors (Lipinski definition) is 3. The van der Waals surface area contributed by atoms with Crippen LogP contribution in [0.5, 0.6) is 5.75 Å². The monoisotopic (exact) mass is 285 g/mol. The molecule has 1 aromatic carbocycles. The maximum absolute atomic E-state index is 9.90. The van der Waals surface area contributed by atoms with Gasteiger partial charge in [0.15, 0.2) is 0 Å². The van der Waals surface area contributed by atoms with Crippen LogP contribution in [0.25, 0.3) is 0 Å². The highest BCUT2D eigenvalue weighted by Gasteiger charge is 2.13. The lowest BCUT2D eigenvalue weighted by Gasteiger charge is -2.23. The number of aryl methyl sites for hydroxylation is 2. The molecule has 1 atom stereocenters. The summed E-state index contributed by atoms with van der Waals surface area (Å²) in [5.74, 6) is 0.805. The number of aliphatic hydroxyl groups is 1. The van der Waals surface area contributed by atoms with Crippen LogP contribution in [0, 0.1) is 13.8 Å². The predicted molar refractivity (Wildman–Crippen MR) is 80.2 cm³/mol. The Morgan fingerprint density at radius 1 is 1.26 bits per heavy atom. The Hall–Kier alpha value is -0.770. The molecule has 0 bridgehead atoms. The van der Waals surface area contributed by atoms with E-state index < -0.39 is 6.10 Å². The van der Waals surface area contributed by atoms with Crippen molar-refractivity contribution in [2.75, 3.05) is 13.2 Å². The Balaban J connectivity index is 2.53. The maximum Gasteiger partial charge on any atom is 0.125 e. The zero-order valence-corrected chi connectivity index (χ0v) is 13.1. The molecule has 0 aliphatic heterocycles. The summed E-state index contributed by atoms with van der Waals surface area (Å²) in [6, 6.07) is 3.73. The second kappa shape index (κ2) is 6.60. The van der Waals surface area contributed by atoms with E-state index in [0.717, 1.165) is 16.9 Å². The smallest absolute Gasteiger partial charge is 0.125 e. The molecule has 0 aromatic heterocycles. The minimum atomic E-state index is -0.534. The molecule has 1 rings (SSSR count). The van der Waals surface area contributed by atoms with Crippen molar-refractivity contribution >= 4 is 11.6 Å². The third-order valence-electron chi connectivity index (χ3n) is 2.71. The van der Waals surface area contributed by atoms with Gasteiger partial charge >= 0.3 is 0 Å². The third kappa shape index (κ3) is 5.81. The summed E-state index contributed by atoms with van der Waals surface area (Å²) in [6.07, 6.45) is -0.534. The average Bonchev–Trinajstić information content (AvgIpc) is 2.23. The van der Waals surface area contributed by atoms with Crippen molar-refractivity contribution in [3.05, 3.63) is 28.3 Å². The van der Waals surface area contributed by atoms with E-state index in [2.05, 4.69) is 26.1 Å². The van der Waals surface area contributed by atoms with Crippen LogP contribution in [-0.2, 0) is 0 Å². The molecule has 0 saturated carbocycles. The zero-order valence-electron chi connectivity index (χ0n) is 12.4. The largest absolute Gasteiger partial charge is 0.490 e. The molecular weight excluding hydrogens is 262 g/mol. The molecule has 4 heteroatoms. The molecule has 0 aliphatic rings. The molecule has 0 aliphatic carbocycles. The van der Waals surface area contributed by atoms with E-state index >= 15 is 0 Å². The van der Waals surface area contributed by atoms with Gasteiger partial charge in [0, 0.05) is 17.1 Å². The molecule has 108 valence electrons. The molecule has 0 radical (unpaired) electrons. The Morgan fingerprint density at radius 3 is 2.26 bits per heavy atom. The standard InChI is InChI=1S/C15H24ClNO2/c1-10-6-12(16)7-11(2)14(10)19-9-13(18)8-17-15(3,4)5/h6-7,13,17-18H,8-9H2,1-5H3/t13-/m0/s1. The third-order valence-corrected chi connectivity index (χ3v) is 2.93. The number of hydrogen-bond donors (Lipinski definition) is 2. The number of benzene rings is 1. The van der Waals surface area contributed by atoms with Crippen molar-refractivity contribution in [1.82, 2.24) is 5.32 Å². The average molecular weight is 286 g/mol. The normalized spacial score (nSPS) is 13.4. The van der Waals surface area contributed by atoms with E-state index in [1.807, 2.05) is 26.0 Å². The van der Waals surface area contributed by atoms with Crippen LogP contribution in [0.2, 0.25) is 5.02 Å². The van der Waals surface area contributed by atoms with Gasteiger partial charge in [0.25, 0.3) is 0 Å². The molecule has 1 aromatic rings. The van der Waals surface area contributed by atoms with E-state index in [-0.39, 0.29) is 12.1 Å². The highest BCUT2D eigenvalue weighted by molar-refractivity contribution is 6.30. The predicted octanol–water partition coefficient (Wildman–Crippen LogP) is 3.08. The number of rotatable bonds is 5. The second-order valence-electron chi connectivity index (χ2n) is 5.96. The van der Waals surface area contributed by atoms with Gasteiger partial charge in [0.05, 0.1) is 0 Å².